The average Bonchev–Trinajstić information content (AvgIpc) is 2.08. The van der Waals surface area contributed by atoms with E-state index in [2.05, 4.69) is 0 Å². The quantitative estimate of drug-likeness (QED) is 0.427. The van der Waals surface area contributed by atoms with Crippen LogP contribution in [0.15, 0.2) is 6.07 Å². The van der Waals surface area contributed by atoms with E-state index >= 15 is 0 Å². The number of nitrogens with two attached hydrogens (primary N) is 1. The van der Waals surface area contributed by atoms with Crippen molar-refractivity contribution in [2.45, 2.75) is 13.8 Å². The van der Waals surface area contributed by atoms with Crippen LogP contribution in [0, 0.1) is 25.2 Å². The van der Waals surface area contributed by atoms with Crippen molar-refractivity contribution in [1.29, 1.82) is 5.26 Å². The smallest absolute Gasteiger partial charge is 0.255 e. The van der Waals surface area contributed by atoms with Gasteiger partial charge in [0, 0.05) is 24.6 Å². The molecule has 0 saturated carbocycles. The van der Waals surface area contributed by atoms with Crippen molar-refractivity contribution in [2.75, 3.05) is 5.73 Å². The zero-order valence-electron chi connectivity index (χ0n) is 7.00. The van der Waals surface area contributed by atoms with Crippen LogP contribution in [0.5, 0.6) is 0 Å². The largest absolute Gasteiger partial charge is 0.392 e. The zero-order valence-corrected chi connectivity index (χ0v) is 7.00. The lowest BCUT2D eigenvalue weighted by atomic mass is 10.2. The van der Waals surface area contributed by atoms with Gasteiger partial charge in [0.25, 0.3) is 5.69 Å². The van der Waals surface area contributed by atoms with Gasteiger partial charge in [-0.2, -0.15) is 5.26 Å². The van der Waals surface area contributed by atoms with Crippen molar-refractivity contribution in [2.24, 2.45) is 0 Å². The SMILES string of the molecule is Cc1cc(C#N)c(N)c(C)[n+]1O. The van der Waals surface area contributed by atoms with Gasteiger partial charge in [0.1, 0.15) is 11.8 Å². The molecule has 0 bridgehead atoms. The average molecular weight is 164 g/mol. The standard InChI is InChI=1S/C8H10N3O/c1-5-3-7(4-9)8(10)6(2)11(5)12/h3,12H,10H2,1-2H3/q+1. The second kappa shape index (κ2) is 2.70. The third-order valence-electron chi connectivity index (χ3n) is 1.81. The first-order valence-corrected chi connectivity index (χ1v) is 3.49. The molecule has 0 spiro atoms. The van der Waals surface area contributed by atoms with Crippen LogP contribution in [0.4, 0.5) is 5.69 Å². The maximum atomic E-state index is 9.33. The van der Waals surface area contributed by atoms with Crippen molar-refractivity contribution in [3.63, 3.8) is 0 Å². The zero-order chi connectivity index (χ0) is 9.30. The van der Waals surface area contributed by atoms with E-state index in [1.165, 1.54) is 0 Å². The number of hydrogen-bond donors (Lipinski definition) is 2. The highest BCUT2D eigenvalue weighted by atomic mass is 16.5. The number of pyridine rings is 1. The van der Waals surface area contributed by atoms with Crippen LogP contribution in [0.2, 0.25) is 0 Å². The Morgan fingerprint density at radius 2 is 2.17 bits per heavy atom. The Hall–Kier alpha value is -1.76. The summed E-state index contributed by atoms with van der Waals surface area (Å²) in [5.74, 6) is 0. The summed E-state index contributed by atoms with van der Waals surface area (Å²) in [5.41, 5.74) is 7.37. The Kier molecular flexibility index (Phi) is 1.88. The van der Waals surface area contributed by atoms with Crippen molar-refractivity contribution < 1.29 is 9.94 Å². The monoisotopic (exact) mass is 164 g/mol. The first-order chi connectivity index (χ1) is 5.57. The van der Waals surface area contributed by atoms with Gasteiger partial charge in [-0.3, -0.25) is 5.21 Å². The molecule has 0 aliphatic rings. The molecule has 1 aromatic heterocycles. The summed E-state index contributed by atoms with van der Waals surface area (Å²) < 4.78 is 0.968. The van der Waals surface area contributed by atoms with Gasteiger partial charge < -0.3 is 5.73 Å². The molecular formula is C8H10N3O+. The van der Waals surface area contributed by atoms with Crippen molar-refractivity contribution in [3.05, 3.63) is 23.0 Å². The van der Waals surface area contributed by atoms with Gasteiger partial charge in [-0.05, 0) is 0 Å². The minimum absolute atomic E-state index is 0.325. The highest BCUT2D eigenvalue weighted by molar-refractivity contribution is 5.55. The predicted octanol–water partition coefficient (Wildman–Crippen LogP) is 0.282. The molecule has 3 N–H and O–H groups in total. The van der Waals surface area contributed by atoms with Gasteiger partial charge in [0.2, 0.25) is 5.69 Å². The first kappa shape index (κ1) is 8.34. The fraction of sp³-hybridized carbons (Fsp3) is 0.250. The fourth-order valence-corrected chi connectivity index (χ4v) is 1.01. The number of nitrogen functional groups attached to an aromatic ring is 1. The molecule has 0 radical (unpaired) electrons. The van der Waals surface area contributed by atoms with Gasteiger partial charge >= 0.3 is 0 Å². The van der Waals surface area contributed by atoms with Crippen molar-refractivity contribution in [1.82, 2.24) is 0 Å². The number of aryl methyl sites for hydroxylation is 1. The van der Waals surface area contributed by atoms with Crippen LogP contribution in [-0.4, -0.2) is 5.21 Å². The highest BCUT2D eigenvalue weighted by Crippen LogP contribution is 2.12. The van der Waals surface area contributed by atoms with Crippen LogP contribution in [-0.2, 0) is 0 Å². The molecule has 1 rings (SSSR count). The van der Waals surface area contributed by atoms with E-state index in [1.54, 1.807) is 19.9 Å². The number of nitriles is 1. The molecule has 62 valence electrons. The summed E-state index contributed by atoms with van der Waals surface area (Å²) in [5, 5.41) is 18.0. The molecule has 0 fully saturated rings. The van der Waals surface area contributed by atoms with E-state index in [0.717, 1.165) is 4.73 Å². The van der Waals surface area contributed by atoms with Crippen LogP contribution in [0.3, 0.4) is 0 Å². The van der Waals surface area contributed by atoms with Crippen LogP contribution in [0.25, 0.3) is 0 Å². The molecule has 0 aliphatic heterocycles. The van der Waals surface area contributed by atoms with Crippen molar-refractivity contribution >= 4 is 5.69 Å². The van der Waals surface area contributed by atoms with Crippen LogP contribution in [0.1, 0.15) is 17.0 Å². The molecule has 0 unspecified atom stereocenters. The summed E-state index contributed by atoms with van der Waals surface area (Å²) >= 11 is 0. The second-order valence-electron chi connectivity index (χ2n) is 2.62. The van der Waals surface area contributed by atoms with E-state index in [0.29, 0.717) is 22.6 Å². The Balaban J connectivity index is 3.52. The molecule has 12 heavy (non-hydrogen) atoms. The minimum atomic E-state index is 0.325. The summed E-state index contributed by atoms with van der Waals surface area (Å²) in [6.45, 7) is 3.36. The summed E-state index contributed by atoms with van der Waals surface area (Å²) in [4.78, 5) is 0. The van der Waals surface area contributed by atoms with Crippen molar-refractivity contribution in [3.8, 4) is 6.07 Å². The topological polar surface area (TPSA) is 73.9 Å². The van der Waals surface area contributed by atoms with E-state index in [1.807, 2.05) is 6.07 Å². The van der Waals surface area contributed by atoms with E-state index < -0.39 is 0 Å². The molecule has 0 aliphatic carbocycles. The fourth-order valence-electron chi connectivity index (χ4n) is 1.01. The van der Waals surface area contributed by atoms with E-state index in [-0.39, 0.29) is 0 Å². The normalized spacial score (nSPS) is 9.42. The number of rotatable bonds is 0. The molecule has 0 amide bonds. The molecule has 0 aromatic carbocycles. The summed E-state index contributed by atoms with van der Waals surface area (Å²) in [7, 11) is 0. The van der Waals surface area contributed by atoms with E-state index in [4.69, 9.17) is 11.0 Å². The Labute approximate surface area is 70.4 Å². The minimum Gasteiger partial charge on any atom is -0.392 e. The maximum absolute atomic E-state index is 9.33. The molecule has 0 atom stereocenters. The Morgan fingerprint density at radius 1 is 1.58 bits per heavy atom. The predicted molar refractivity (Wildman–Crippen MR) is 42.4 cm³/mol. The molecule has 0 saturated heterocycles. The number of anilines is 1. The number of nitrogens with zero attached hydrogens (tertiary/aromatic N) is 2. The van der Waals surface area contributed by atoms with Gasteiger partial charge in [-0.15, -0.1) is 0 Å². The number of hydrogen-bond acceptors (Lipinski definition) is 3. The molecule has 4 heteroatoms. The van der Waals surface area contributed by atoms with Crippen LogP contribution < -0.4 is 10.5 Å². The Bertz CT molecular complexity index is 366. The van der Waals surface area contributed by atoms with Gasteiger partial charge in [-0.1, -0.05) is 0 Å². The lowest BCUT2D eigenvalue weighted by Crippen LogP contribution is -2.38. The van der Waals surface area contributed by atoms with E-state index in [9.17, 15) is 5.21 Å². The molecular weight excluding hydrogens is 154 g/mol. The van der Waals surface area contributed by atoms with Gasteiger partial charge in [-0.25, -0.2) is 0 Å². The summed E-state index contributed by atoms with van der Waals surface area (Å²) in [6.07, 6.45) is 0. The third-order valence-corrected chi connectivity index (χ3v) is 1.81. The Morgan fingerprint density at radius 3 is 2.67 bits per heavy atom. The second-order valence-corrected chi connectivity index (χ2v) is 2.62. The lowest BCUT2D eigenvalue weighted by molar-refractivity contribution is -0.912. The molecule has 1 heterocycles. The number of aromatic nitrogens is 1. The first-order valence-electron chi connectivity index (χ1n) is 3.49. The molecule has 1 aromatic rings. The van der Waals surface area contributed by atoms with Gasteiger partial charge in [0.15, 0.2) is 0 Å². The van der Waals surface area contributed by atoms with Gasteiger partial charge in [0.05, 0.1) is 5.56 Å². The van der Waals surface area contributed by atoms with Crippen LogP contribution >= 0.6 is 0 Å². The third kappa shape index (κ3) is 1.05. The lowest BCUT2D eigenvalue weighted by Gasteiger charge is -1.99. The maximum Gasteiger partial charge on any atom is 0.255 e. The summed E-state index contributed by atoms with van der Waals surface area (Å²) in [6, 6.07) is 3.50. The molecule has 4 nitrogen and oxygen atoms in total. The highest BCUT2D eigenvalue weighted by Gasteiger charge is 2.17.